The molecule has 4 heteroatoms. The monoisotopic (exact) mass is 703 g/mol. The van der Waals surface area contributed by atoms with Crippen molar-refractivity contribution in [1.82, 2.24) is 0 Å². The van der Waals surface area contributed by atoms with Gasteiger partial charge in [0, 0.05) is 12.8 Å². The fourth-order valence-electron chi connectivity index (χ4n) is 6.87. The van der Waals surface area contributed by atoms with E-state index in [1.165, 1.54) is 180 Å². The molecule has 0 rings (SSSR count). The molecule has 294 valence electrons. The van der Waals surface area contributed by atoms with Gasteiger partial charge < -0.3 is 9.84 Å². The van der Waals surface area contributed by atoms with Gasteiger partial charge in [-0.1, -0.05) is 199 Å². The van der Waals surface area contributed by atoms with Crippen molar-refractivity contribution in [3.05, 3.63) is 24.3 Å². The molecule has 50 heavy (non-hydrogen) atoms. The third-order valence-electron chi connectivity index (χ3n) is 10.2. The van der Waals surface area contributed by atoms with Crippen LogP contribution in [0.4, 0.5) is 0 Å². The van der Waals surface area contributed by atoms with E-state index < -0.39 is 5.97 Å². The average molecular weight is 703 g/mol. The lowest BCUT2D eigenvalue weighted by Crippen LogP contribution is -2.18. The number of aliphatic carboxylic acids is 1. The molecule has 0 aromatic heterocycles. The van der Waals surface area contributed by atoms with Gasteiger partial charge in [-0.25, -0.2) is 0 Å². The maximum atomic E-state index is 12.6. The van der Waals surface area contributed by atoms with Gasteiger partial charge in [-0.15, -0.1) is 0 Å². The summed E-state index contributed by atoms with van der Waals surface area (Å²) < 4.78 is 5.86. The highest BCUT2D eigenvalue weighted by Gasteiger charge is 2.15. The standard InChI is InChI=1S/C46H86O4/c1-3-5-7-9-11-13-15-17-19-21-22-24-26-28-30-32-34-36-38-43-46(49)50-44(41-39-42-45(47)48)40-37-35-33-31-29-27-25-23-20-18-16-14-12-10-8-6-4-2/h11,13,17,19,44H,3-10,12,14-16,18,20-43H2,1-2H3,(H,47,48)/b13-11-,19-17-. The first-order valence-electron chi connectivity index (χ1n) is 22.3. The molecule has 0 aliphatic rings. The first kappa shape index (κ1) is 48.4. The Morgan fingerprint density at radius 3 is 1.26 bits per heavy atom. The van der Waals surface area contributed by atoms with Crippen LogP contribution in [-0.2, 0) is 14.3 Å². The van der Waals surface area contributed by atoms with Crippen LogP contribution in [0.3, 0.4) is 0 Å². The summed E-state index contributed by atoms with van der Waals surface area (Å²) in [5.41, 5.74) is 0. The Hall–Kier alpha value is -1.58. The Labute approximate surface area is 312 Å². The van der Waals surface area contributed by atoms with Crippen LogP contribution in [0.5, 0.6) is 0 Å². The van der Waals surface area contributed by atoms with E-state index in [1.807, 2.05) is 0 Å². The Balaban J connectivity index is 3.75. The summed E-state index contributed by atoms with van der Waals surface area (Å²) in [7, 11) is 0. The quantitative estimate of drug-likeness (QED) is 0.0391. The zero-order valence-electron chi connectivity index (χ0n) is 33.7. The van der Waals surface area contributed by atoms with Crippen LogP contribution >= 0.6 is 0 Å². The minimum absolute atomic E-state index is 0.0886. The second-order valence-electron chi connectivity index (χ2n) is 15.2. The number of allylic oxidation sites excluding steroid dienone is 4. The van der Waals surface area contributed by atoms with Crippen LogP contribution in [0.2, 0.25) is 0 Å². The molecule has 0 amide bonds. The number of carboxylic acids is 1. The van der Waals surface area contributed by atoms with Crippen molar-refractivity contribution >= 4 is 11.9 Å². The maximum absolute atomic E-state index is 12.6. The molecule has 0 saturated heterocycles. The smallest absolute Gasteiger partial charge is 0.306 e. The van der Waals surface area contributed by atoms with Crippen LogP contribution < -0.4 is 0 Å². The lowest BCUT2D eigenvalue weighted by Gasteiger charge is -2.18. The van der Waals surface area contributed by atoms with Crippen molar-refractivity contribution in [1.29, 1.82) is 0 Å². The molecule has 4 nitrogen and oxygen atoms in total. The molecule has 0 aromatic carbocycles. The van der Waals surface area contributed by atoms with Gasteiger partial charge in [0.25, 0.3) is 0 Å². The summed E-state index contributed by atoms with van der Waals surface area (Å²) in [4.78, 5) is 23.6. The SMILES string of the molecule is CCCCC/C=C\C/C=C\CCCCCCCCCCCC(=O)OC(CCCCCCCCCCCCCCCCCCC)CCCC(=O)O. The van der Waals surface area contributed by atoms with Crippen LogP contribution in [0.15, 0.2) is 24.3 Å². The number of hydrogen-bond donors (Lipinski definition) is 1. The largest absolute Gasteiger partial charge is 0.481 e. The number of carbonyl (C=O) groups excluding carboxylic acids is 1. The molecule has 0 aliphatic carbocycles. The van der Waals surface area contributed by atoms with Crippen molar-refractivity contribution in [2.24, 2.45) is 0 Å². The highest BCUT2D eigenvalue weighted by molar-refractivity contribution is 5.69. The van der Waals surface area contributed by atoms with E-state index in [0.717, 1.165) is 32.1 Å². The molecule has 1 atom stereocenters. The molecular formula is C46H86O4. The number of carboxylic acid groups (broad SMARTS) is 1. The molecule has 1 unspecified atom stereocenters. The predicted octanol–water partition coefficient (Wildman–Crippen LogP) is 15.6. The predicted molar refractivity (Wildman–Crippen MR) is 218 cm³/mol. The number of carbonyl (C=O) groups is 2. The Bertz CT molecular complexity index is 757. The third-order valence-corrected chi connectivity index (χ3v) is 10.2. The zero-order chi connectivity index (χ0) is 36.4. The Morgan fingerprint density at radius 1 is 0.440 bits per heavy atom. The van der Waals surface area contributed by atoms with E-state index >= 15 is 0 Å². The van der Waals surface area contributed by atoms with E-state index in [1.54, 1.807) is 0 Å². The first-order valence-corrected chi connectivity index (χ1v) is 22.3. The summed E-state index contributed by atoms with van der Waals surface area (Å²) >= 11 is 0. The molecule has 1 N–H and O–H groups in total. The number of unbranched alkanes of at least 4 members (excludes halogenated alkanes) is 28. The summed E-state index contributed by atoms with van der Waals surface area (Å²) in [5.74, 6) is -0.855. The third kappa shape index (κ3) is 40.8. The number of rotatable bonds is 41. The van der Waals surface area contributed by atoms with Gasteiger partial charge in [-0.3, -0.25) is 9.59 Å². The van der Waals surface area contributed by atoms with Crippen molar-refractivity contribution in [2.45, 2.75) is 258 Å². The zero-order valence-corrected chi connectivity index (χ0v) is 33.7. The minimum Gasteiger partial charge on any atom is -0.481 e. The summed E-state index contributed by atoms with van der Waals surface area (Å²) in [6, 6.07) is 0. The number of ether oxygens (including phenoxy) is 1. The second kappa shape index (κ2) is 41.8. The highest BCUT2D eigenvalue weighted by Crippen LogP contribution is 2.19. The normalized spacial score (nSPS) is 12.4. The van der Waals surface area contributed by atoms with Gasteiger partial charge in [0.2, 0.25) is 0 Å². The van der Waals surface area contributed by atoms with E-state index in [4.69, 9.17) is 9.84 Å². The summed E-state index contributed by atoms with van der Waals surface area (Å²) in [6.07, 6.45) is 53.5. The Kier molecular flexibility index (Phi) is 40.5. The molecular weight excluding hydrogens is 617 g/mol. The van der Waals surface area contributed by atoms with Gasteiger partial charge in [0.05, 0.1) is 0 Å². The van der Waals surface area contributed by atoms with E-state index in [-0.39, 0.29) is 18.5 Å². The molecule has 0 radical (unpaired) electrons. The van der Waals surface area contributed by atoms with Gasteiger partial charge in [-0.05, 0) is 64.2 Å². The van der Waals surface area contributed by atoms with Crippen molar-refractivity contribution in [3.8, 4) is 0 Å². The fraction of sp³-hybridized carbons (Fsp3) is 0.870. The average Bonchev–Trinajstić information content (AvgIpc) is 3.10. The first-order chi connectivity index (χ1) is 24.6. The lowest BCUT2D eigenvalue weighted by molar-refractivity contribution is -0.150. The molecule has 0 fully saturated rings. The number of esters is 1. The van der Waals surface area contributed by atoms with E-state index in [9.17, 15) is 9.59 Å². The second-order valence-corrected chi connectivity index (χ2v) is 15.2. The van der Waals surface area contributed by atoms with Crippen LogP contribution in [0.25, 0.3) is 0 Å². The van der Waals surface area contributed by atoms with Gasteiger partial charge in [0.15, 0.2) is 0 Å². The fourth-order valence-corrected chi connectivity index (χ4v) is 6.87. The van der Waals surface area contributed by atoms with Crippen LogP contribution in [0, 0.1) is 0 Å². The maximum Gasteiger partial charge on any atom is 0.306 e. The van der Waals surface area contributed by atoms with Crippen molar-refractivity contribution in [2.75, 3.05) is 0 Å². The van der Waals surface area contributed by atoms with Crippen LogP contribution in [0.1, 0.15) is 251 Å². The summed E-state index contributed by atoms with van der Waals surface area (Å²) in [5, 5.41) is 9.05. The molecule has 0 aliphatic heterocycles. The van der Waals surface area contributed by atoms with Crippen LogP contribution in [-0.4, -0.2) is 23.1 Å². The van der Waals surface area contributed by atoms with Gasteiger partial charge in [-0.2, -0.15) is 0 Å². The van der Waals surface area contributed by atoms with Crippen molar-refractivity contribution < 1.29 is 19.4 Å². The number of hydrogen-bond acceptors (Lipinski definition) is 3. The molecule has 0 aromatic rings. The Morgan fingerprint density at radius 2 is 0.800 bits per heavy atom. The van der Waals surface area contributed by atoms with Gasteiger partial charge >= 0.3 is 11.9 Å². The topological polar surface area (TPSA) is 63.6 Å². The van der Waals surface area contributed by atoms with Gasteiger partial charge in [0.1, 0.15) is 6.10 Å². The van der Waals surface area contributed by atoms with E-state index in [2.05, 4.69) is 38.2 Å². The highest BCUT2D eigenvalue weighted by atomic mass is 16.5. The molecule has 0 bridgehead atoms. The lowest BCUT2D eigenvalue weighted by atomic mass is 10.0. The summed E-state index contributed by atoms with van der Waals surface area (Å²) in [6.45, 7) is 4.54. The molecule has 0 spiro atoms. The van der Waals surface area contributed by atoms with Crippen molar-refractivity contribution in [3.63, 3.8) is 0 Å². The van der Waals surface area contributed by atoms with E-state index in [0.29, 0.717) is 19.3 Å². The molecule has 0 saturated carbocycles. The molecule has 0 heterocycles. The minimum atomic E-state index is -0.767.